The van der Waals surface area contributed by atoms with Crippen LogP contribution >= 0.6 is 0 Å². The summed E-state index contributed by atoms with van der Waals surface area (Å²) in [6, 6.07) is 56.3. The van der Waals surface area contributed by atoms with Crippen molar-refractivity contribution >= 4 is 18.4 Å². The number of aromatic nitrogens is 2. The van der Waals surface area contributed by atoms with Gasteiger partial charge in [0.1, 0.15) is 8.07 Å². The van der Waals surface area contributed by atoms with Crippen molar-refractivity contribution in [1.82, 2.24) is 9.97 Å². The molecule has 7 aromatic rings. The molecule has 1 aliphatic rings. The fourth-order valence-electron chi connectivity index (χ4n) is 6.88. The van der Waals surface area contributed by atoms with Gasteiger partial charge in [-0.25, -0.2) is 9.97 Å². The number of hydrogen-bond acceptors (Lipinski definition) is 2. The second kappa shape index (κ2) is 11.0. The molecule has 0 amide bonds. The van der Waals surface area contributed by atoms with Crippen molar-refractivity contribution in [3.8, 4) is 67.3 Å². The minimum Gasteiger partial charge on any atom is -0.228 e. The van der Waals surface area contributed by atoms with Gasteiger partial charge in [0.25, 0.3) is 0 Å². The third-order valence-electron chi connectivity index (χ3n) is 9.07. The molecule has 6 aromatic carbocycles. The van der Waals surface area contributed by atoms with E-state index < -0.39 is 8.07 Å². The molecule has 0 spiro atoms. The Balaban J connectivity index is 1.22. The van der Waals surface area contributed by atoms with E-state index in [0.717, 1.165) is 33.9 Å². The molecule has 8 rings (SSSR count). The predicted molar refractivity (Wildman–Crippen MR) is 191 cm³/mol. The number of hydrogen-bond donors (Lipinski definition) is 0. The van der Waals surface area contributed by atoms with Crippen molar-refractivity contribution in [1.29, 1.82) is 0 Å². The first-order valence-electron chi connectivity index (χ1n) is 15.5. The van der Waals surface area contributed by atoms with Gasteiger partial charge in [-0.1, -0.05) is 153 Å². The first-order chi connectivity index (χ1) is 22.1. The van der Waals surface area contributed by atoms with Gasteiger partial charge in [-0.2, -0.15) is 0 Å². The van der Waals surface area contributed by atoms with E-state index in [1.54, 1.807) is 5.19 Å². The molecular weight excluding hydrogens is 561 g/mol. The molecular formula is C42H32N2Si. The first-order valence-corrected chi connectivity index (χ1v) is 18.5. The molecule has 0 saturated heterocycles. The minimum atomic E-state index is -1.84. The van der Waals surface area contributed by atoms with Crippen molar-refractivity contribution in [2.45, 2.75) is 13.1 Å². The van der Waals surface area contributed by atoms with Crippen LogP contribution in [0.2, 0.25) is 13.1 Å². The van der Waals surface area contributed by atoms with E-state index in [9.17, 15) is 0 Å². The molecule has 0 fully saturated rings. The Bertz CT molecular complexity index is 2130. The van der Waals surface area contributed by atoms with Gasteiger partial charge in [0.15, 0.2) is 5.82 Å². The normalized spacial score (nSPS) is 12.8. The SMILES string of the molecule is C[Si]1(C)c2ccccc2-c2cccc(-c3cccc(-c4cccc(-c5cc(-c6ccccc6)nc(-c6ccccc6)n5)c4)c3)c21. The van der Waals surface area contributed by atoms with Crippen molar-refractivity contribution in [2.75, 3.05) is 0 Å². The average molecular weight is 593 g/mol. The van der Waals surface area contributed by atoms with Crippen molar-refractivity contribution in [2.24, 2.45) is 0 Å². The van der Waals surface area contributed by atoms with Crippen LogP contribution in [0.4, 0.5) is 0 Å². The summed E-state index contributed by atoms with van der Waals surface area (Å²) in [6.45, 7) is 4.98. The van der Waals surface area contributed by atoms with Crippen LogP contribution in [0.25, 0.3) is 67.3 Å². The molecule has 0 radical (unpaired) electrons. The molecule has 1 aliphatic heterocycles. The van der Waals surface area contributed by atoms with Crippen LogP contribution < -0.4 is 10.4 Å². The average Bonchev–Trinajstić information content (AvgIpc) is 3.35. The zero-order valence-electron chi connectivity index (χ0n) is 25.4. The summed E-state index contributed by atoms with van der Waals surface area (Å²) in [7, 11) is -1.84. The van der Waals surface area contributed by atoms with Crippen molar-refractivity contribution in [3.05, 3.63) is 158 Å². The highest BCUT2D eigenvalue weighted by Crippen LogP contribution is 2.35. The van der Waals surface area contributed by atoms with Crippen LogP contribution in [0, 0.1) is 0 Å². The molecule has 0 unspecified atom stereocenters. The molecule has 2 heterocycles. The number of fused-ring (bicyclic) bond motifs is 3. The summed E-state index contributed by atoms with van der Waals surface area (Å²) in [5, 5.41) is 3.07. The van der Waals surface area contributed by atoms with Gasteiger partial charge < -0.3 is 0 Å². The lowest BCUT2D eigenvalue weighted by Crippen LogP contribution is -2.50. The van der Waals surface area contributed by atoms with E-state index in [1.807, 2.05) is 24.3 Å². The fraction of sp³-hybridized carbons (Fsp3) is 0.0476. The van der Waals surface area contributed by atoms with Gasteiger partial charge in [0, 0.05) is 16.7 Å². The summed E-state index contributed by atoms with van der Waals surface area (Å²) in [4.78, 5) is 10.0. The van der Waals surface area contributed by atoms with E-state index in [4.69, 9.17) is 9.97 Å². The third kappa shape index (κ3) is 4.82. The van der Waals surface area contributed by atoms with E-state index in [2.05, 4.69) is 147 Å². The first kappa shape index (κ1) is 27.2. The Morgan fingerprint density at radius 3 is 1.60 bits per heavy atom. The summed E-state index contributed by atoms with van der Waals surface area (Å²) < 4.78 is 0. The summed E-state index contributed by atoms with van der Waals surface area (Å²) in [5.74, 6) is 0.727. The largest absolute Gasteiger partial charge is 0.228 e. The molecule has 3 heteroatoms. The van der Waals surface area contributed by atoms with Gasteiger partial charge in [-0.05, 0) is 62.0 Å². The lowest BCUT2D eigenvalue weighted by Gasteiger charge is -2.22. The molecule has 0 atom stereocenters. The highest BCUT2D eigenvalue weighted by Gasteiger charge is 2.39. The molecule has 214 valence electrons. The topological polar surface area (TPSA) is 25.8 Å². The molecule has 1 aromatic heterocycles. The summed E-state index contributed by atoms with van der Waals surface area (Å²) in [6.07, 6.45) is 0. The Morgan fingerprint density at radius 2 is 0.867 bits per heavy atom. The van der Waals surface area contributed by atoms with Crippen molar-refractivity contribution < 1.29 is 0 Å². The summed E-state index contributed by atoms with van der Waals surface area (Å²) in [5.41, 5.74) is 12.8. The van der Waals surface area contributed by atoms with Gasteiger partial charge >= 0.3 is 0 Å². The molecule has 45 heavy (non-hydrogen) atoms. The van der Waals surface area contributed by atoms with Crippen molar-refractivity contribution in [3.63, 3.8) is 0 Å². The number of rotatable bonds is 5. The Hall–Kier alpha value is -5.38. The quantitative estimate of drug-likeness (QED) is 0.186. The Kier molecular flexibility index (Phi) is 6.62. The maximum absolute atomic E-state index is 5.07. The molecule has 2 nitrogen and oxygen atoms in total. The molecule has 0 bridgehead atoms. The molecule has 0 aliphatic carbocycles. The monoisotopic (exact) mass is 592 g/mol. The van der Waals surface area contributed by atoms with Crippen LogP contribution in [-0.4, -0.2) is 18.0 Å². The maximum Gasteiger partial charge on any atom is 0.160 e. The number of nitrogens with zero attached hydrogens (tertiary/aromatic N) is 2. The fourth-order valence-corrected chi connectivity index (χ4v) is 10.3. The Morgan fingerprint density at radius 1 is 0.378 bits per heavy atom. The van der Waals surface area contributed by atoms with Gasteiger partial charge in [-0.3, -0.25) is 0 Å². The highest BCUT2D eigenvalue weighted by atomic mass is 28.3. The molecule has 0 N–H and O–H groups in total. The summed E-state index contributed by atoms with van der Waals surface area (Å²) >= 11 is 0. The van der Waals surface area contributed by atoms with E-state index in [-0.39, 0.29) is 0 Å². The van der Waals surface area contributed by atoms with Crippen LogP contribution in [-0.2, 0) is 0 Å². The van der Waals surface area contributed by atoms with Gasteiger partial charge in [0.05, 0.1) is 11.4 Å². The smallest absolute Gasteiger partial charge is 0.160 e. The zero-order chi connectivity index (χ0) is 30.4. The second-order valence-corrected chi connectivity index (χ2v) is 16.5. The van der Waals surface area contributed by atoms with E-state index in [0.29, 0.717) is 0 Å². The van der Waals surface area contributed by atoms with Gasteiger partial charge in [-0.15, -0.1) is 0 Å². The lowest BCUT2D eigenvalue weighted by atomic mass is 9.95. The molecule has 0 saturated carbocycles. The highest BCUT2D eigenvalue weighted by molar-refractivity contribution is 7.04. The van der Waals surface area contributed by atoms with E-state index in [1.165, 1.54) is 38.6 Å². The van der Waals surface area contributed by atoms with Crippen LogP contribution in [0.1, 0.15) is 0 Å². The standard InChI is InChI=1S/C42H32N2Si/c1-45(2)40-25-10-9-22-36(40)37-24-13-23-35(41(37)45)33-20-11-18-31(26-33)32-19-12-21-34(27-32)39-28-38(29-14-5-3-6-15-29)43-42(44-39)30-16-7-4-8-17-30/h3-28H,1-2H3. The second-order valence-electron chi connectivity index (χ2n) is 12.3. The van der Waals surface area contributed by atoms with Crippen LogP contribution in [0.15, 0.2) is 158 Å². The maximum atomic E-state index is 5.07. The third-order valence-corrected chi connectivity index (χ3v) is 12.6. The van der Waals surface area contributed by atoms with Gasteiger partial charge in [0.2, 0.25) is 0 Å². The van der Waals surface area contributed by atoms with E-state index >= 15 is 0 Å². The van der Waals surface area contributed by atoms with Crippen LogP contribution in [0.5, 0.6) is 0 Å². The number of benzene rings is 6. The van der Waals surface area contributed by atoms with Crippen LogP contribution in [0.3, 0.4) is 0 Å². The zero-order valence-corrected chi connectivity index (χ0v) is 26.4. The minimum absolute atomic E-state index is 0.727. The lowest BCUT2D eigenvalue weighted by molar-refractivity contribution is 1.18. The predicted octanol–water partition coefficient (Wildman–Crippen LogP) is 9.61. The Labute approximate surface area is 265 Å².